The van der Waals surface area contributed by atoms with Crippen molar-refractivity contribution in [2.24, 2.45) is 0 Å². The summed E-state index contributed by atoms with van der Waals surface area (Å²) < 4.78 is 0.524. The van der Waals surface area contributed by atoms with E-state index in [0.717, 1.165) is 5.69 Å². The van der Waals surface area contributed by atoms with Gasteiger partial charge >= 0.3 is 0 Å². The Morgan fingerprint density at radius 2 is 1.90 bits per heavy atom. The third kappa shape index (κ3) is 3.80. The summed E-state index contributed by atoms with van der Waals surface area (Å²) in [6.07, 6.45) is 1.73. The Hall–Kier alpha value is -1.46. The molecule has 0 unspecified atom stereocenters. The van der Waals surface area contributed by atoms with Gasteiger partial charge in [-0.1, -0.05) is 18.2 Å². The highest BCUT2D eigenvalue weighted by molar-refractivity contribution is 8.19. The Bertz CT molecular complexity index is 595. The summed E-state index contributed by atoms with van der Waals surface area (Å²) in [7, 11) is 0. The molecule has 1 saturated heterocycles. The van der Waals surface area contributed by atoms with Gasteiger partial charge in [0.05, 0.1) is 16.8 Å². The SMILES string of the molecule is O=C(NCc1ccccn1)c1ccc(C2SCCS2)cc1. The van der Waals surface area contributed by atoms with Crippen molar-refractivity contribution in [2.75, 3.05) is 11.5 Å². The summed E-state index contributed by atoms with van der Waals surface area (Å²) in [5.74, 6) is 2.36. The van der Waals surface area contributed by atoms with Crippen LogP contribution >= 0.6 is 23.5 Å². The van der Waals surface area contributed by atoms with Crippen LogP contribution in [0.2, 0.25) is 0 Å². The molecule has 1 amide bonds. The van der Waals surface area contributed by atoms with Gasteiger partial charge in [0.15, 0.2) is 0 Å². The van der Waals surface area contributed by atoms with Crippen LogP contribution in [0.4, 0.5) is 0 Å². The largest absolute Gasteiger partial charge is 0.346 e. The van der Waals surface area contributed by atoms with Crippen molar-refractivity contribution < 1.29 is 4.79 Å². The number of nitrogens with one attached hydrogen (secondary N) is 1. The molecule has 1 aliphatic rings. The molecule has 0 radical (unpaired) electrons. The molecule has 0 spiro atoms. The molecule has 0 saturated carbocycles. The van der Waals surface area contributed by atoms with E-state index in [1.165, 1.54) is 17.1 Å². The first-order chi connectivity index (χ1) is 10.3. The molecular weight excluding hydrogens is 300 g/mol. The molecule has 3 nitrogen and oxygen atoms in total. The zero-order valence-corrected chi connectivity index (χ0v) is 13.1. The molecule has 1 aliphatic heterocycles. The van der Waals surface area contributed by atoms with Crippen LogP contribution in [0.25, 0.3) is 0 Å². The van der Waals surface area contributed by atoms with Crippen molar-refractivity contribution in [3.63, 3.8) is 0 Å². The number of hydrogen-bond acceptors (Lipinski definition) is 4. The van der Waals surface area contributed by atoms with Gasteiger partial charge in [0, 0.05) is 23.3 Å². The van der Waals surface area contributed by atoms with E-state index in [-0.39, 0.29) is 5.91 Å². The Kier molecular flexibility index (Phi) is 4.83. The van der Waals surface area contributed by atoms with Gasteiger partial charge in [0.1, 0.15) is 0 Å². The van der Waals surface area contributed by atoms with Gasteiger partial charge in [-0.3, -0.25) is 9.78 Å². The van der Waals surface area contributed by atoms with E-state index in [0.29, 0.717) is 16.7 Å². The first-order valence-electron chi connectivity index (χ1n) is 6.84. The summed E-state index contributed by atoms with van der Waals surface area (Å²) in [6.45, 7) is 0.454. The molecule has 0 aliphatic carbocycles. The predicted molar refractivity (Wildman–Crippen MR) is 89.5 cm³/mol. The lowest BCUT2D eigenvalue weighted by atomic mass is 10.1. The normalized spacial score (nSPS) is 15.0. The molecule has 1 N–H and O–H groups in total. The van der Waals surface area contributed by atoms with E-state index in [9.17, 15) is 4.79 Å². The number of nitrogens with zero attached hydrogens (tertiary/aromatic N) is 1. The number of carbonyl (C=O) groups excluding carboxylic acids is 1. The number of aromatic nitrogens is 1. The Balaban J connectivity index is 1.59. The van der Waals surface area contributed by atoms with Crippen molar-refractivity contribution in [3.8, 4) is 0 Å². The maximum absolute atomic E-state index is 12.1. The van der Waals surface area contributed by atoms with Gasteiger partial charge in [-0.05, 0) is 29.8 Å². The second kappa shape index (κ2) is 7.00. The maximum atomic E-state index is 12.1. The first kappa shape index (κ1) is 14.5. The Morgan fingerprint density at radius 1 is 1.14 bits per heavy atom. The van der Waals surface area contributed by atoms with Gasteiger partial charge in [-0.15, -0.1) is 23.5 Å². The summed E-state index contributed by atoms with van der Waals surface area (Å²) in [4.78, 5) is 16.3. The smallest absolute Gasteiger partial charge is 0.251 e. The lowest BCUT2D eigenvalue weighted by molar-refractivity contribution is 0.0950. The summed E-state index contributed by atoms with van der Waals surface area (Å²) in [5.41, 5.74) is 2.85. The fourth-order valence-electron chi connectivity index (χ4n) is 2.12. The third-order valence-electron chi connectivity index (χ3n) is 3.22. The monoisotopic (exact) mass is 316 g/mol. The highest BCUT2D eigenvalue weighted by Crippen LogP contribution is 2.45. The minimum Gasteiger partial charge on any atom is -0.346 e. The second-order valence-electron chi connectivity index (χ2n) is 4.70. The molecule has 21 heavy (non-hydrogen) atoms. The van der Waals surface area contributed by atoms with Gasteiger partial charge in [-0.25, -0.2) is 0 Å². The Labute approximate surface area is 132 Å². The lowest BCUT2D eigenvalue weighted by Crippen LogP contribution is -2.23. The summed E-state index contributed by atoms with van der Waals surface area (Å²) >= 11 is 3.94. The lowest BCUT2D eigenvalue weighted by Gasteiger charge is -2.09. The maximum Gasteiger partial charge on any atom is 0.251 e. The van der Waals surface area contributed by atoms with E-state index < -0.39 is 0 Å². The van der Waals surface area contributed by atoms with Gasteiger partial charge in [0.2, 0.25) is 0 Å². The number of amides is 1. The third-order valence-corrected chi connectivity index (χ3v) is 6.33. The number of pyridine rings is 1. The number of rotatable bonds is 4. The zero-order valence-electron chi connectivity index (χ0n) is 11.5. The van der Waals surface area contributed by atoms with Crippen LogP contribution in [0.1, 0.15) is 26.2 Å². The highest BCUT2D eigenvalue weighted by atomic mass is 32.2. The predicted octanol–water partition coefficient (Wildman–Crippen LogP) is 3.49. The average Bonchev–Trinajstić information content (AvgIpc) is 3.08. The molecule has 3 rings (SSSR count). The van der Waals surface area contributed by atoms with Crippen LogP contribution in [0.15, 0.2) is 48.7 Å². The van der Waals surface area contributed by atoms with Crippen LogP contribution in [-0.4, -0.2) is 22.4 Å². The van der Waals surface area contributed by atoms with Crippen molar-refractivity contribution in [1.29, 1.82) is 0 Å². The van der Waals surface area contributed by atoms with Gasteiger partial charge in [-0.2, -0.15) is 0 Å². The molecule has 2 heterocycles. The zero-order chi connectivity index (χ0) is 14.5. The highest BCUT2D eigenvalue weighted by Gasteiger charge is 2.18. The number of hydrogen-bond donors (Lipinski definition) is 1. The molecular formula is C16H16N2OS2. The number of thioether (sulfide) groups is 2. The molecule has 0 bridgehead atoms. The van der Waals surface area contributed by atoms with Crippen molar-refractivity contribution in [1.82, 2.24) is 10.3 Å². The molecule has 1 fully saturated rings. The van der Waals surface area contributed by atoms with Gasteiger partial charge < -0.3 is 5.32 Å². The summed E-state index contributed by atoms with van der Waals surface area (Å²) in [5, 5.41) is 2.89. The molecule has 2 aromatic rings. The fraction of sp³-hybridized carbons (Fsp3) is 0.250. The molecule has 108 valence electrons. The summed E-state index contributed by atoms with van der Waals surface area (Å²) in [6, 6.07) is 13.6. The standard InChI is InChI=1S/C16H16N2OS2/c19-15(18-11-14-3-1-2-8-17-14)12-4-6-13(7-5-12)16-20-9-10-21-16/h1-8,16H,9-11H2,(H,18,19). The van der Waals surface area contributed by atoms with E-state index in [1.807, 2.05) is 53.9 Å². The topological polar surface area (TPSA) is 42.0 Å². The van der Waals surface area contributed by atoms with E-state index in [4.69, 9.17) is 0 Å². The van der Waals surface area contributed by atoms with Crippen molar-refractivity contribution in [2.45, 2.75) is 11.1 Å². The van der Waals surface area contributed by atoms with Crippen LogP contribution in [0.3, 0.4) is 0 Å². The minimum absolute atomic E-state index is 0.0565. The molecule has 1 aromatic carbocycles. The quantitative estimate of drug-likeness (QED) is 0.937. The van der Waals surface area contributed by atoms with Crippen LogP contribution < -0.4 is 5.32 Å². The fourth-order valence-corrected chi connectivity index (χ4v) is 4.98. The van der Waals surface area contributed by atoms with Crippen LogP contribution in [0.5, 0.6) is 0 Å². The van der Waals surface area contributed by atoms with Crippen molar-refractivity contribution in [3.05, 3.63) is 65.5 Å². The minimum atomic E-state index is -0.0565. The molecule has 1 aromatic heterocycles. The van der Waals surface area contributed by atoms with E-state index in [2.05, 4.69) is 22.4 Å². The molecule has 5 heteroatoms. The van der Waals surface area contributed by atoms with Crippen LogP contribution in [0, 0.1) is 0 Å². The first-order valence-corrected chi connectivity index (χ1v) is 8.94. The van der Waals surface area contributed by atoms with Crippen molar-refractivity contribution >= 4 is 29.4 Å². The van der Waals surface area contributed by atoms with Crippen LogP contribution in [-0.2, 0) is 6.54 Å². The van der Waals surface area contributed by atoms with Gasteiger partial charge in [0.25, 0.3) is 5.91 Å². The van der Waals surface area contributed by atoms with E-state index in [1.54, 1.807) is 6.20 Å². The average molecular weight is 316 g/mol. The molecule has 0 atom stereocenters. The van der Waals surface area contributed by atoms with E-state index >= 15 is 0 Å². The Morgan fingerprint density at radius 3 is 2.57 bits per heavy atom. The number of benzene rings is 1. The number of carbonyl (C=O) groups is 1. The second-order valence-corrected chi connectivity index (χ2v) is 7.42.